The van der Waals surface area contributed by atoms with Crippen LogP contribution in [0.1, 0.15) is 57.8 Å². The topological polar surface area (TPSA) is 24.4 Å². The summed E-state index contributed by atoms with van der Waals surface area (Å²) in [5.41, 5.74) is 0.586. The Kier molecular flexibility index (Phi) is 3.64. The number of amidine groups is 1. The van der Waals surface area contributed by atoms with Crippen LogP contribution in [0.15, 0.2) is 4.99 Å². The highest BCUT2D eigenvalue weighted by Gasteiger charge is 2.36. The van der Waals surface area contributed by atoms with Crippen molar-refractivity contribution in [2.75, 3.05) is 12.3 Å². The zero-order valence-corrected chi connectivity index (χ0v) is 11.5. The lowest BCUT2D eigenvalue weighted by Gasteiger charge is -2.33. The van der Waals surface area contributed by atoms with Crippen molar-refractivity contribution in [3.63, 3.8) is 0 Å². The summed E-state index contributed by atoms with van der Waals surface area (Å²) in [5, 5.41) is 4.92. The third-order valence-corrected chi connectivity index (χ3v) is 5.95. The average molecular weight is 252 g/mol. The second-order valence-corrected chi connectivity index (χ2v) is 7.06. The second-order valence-electron chi connectivity index (χ2n) is 6.10. The lowest BCUT2D eigenvalue weighted by atomic mass is 9.89. The van der Waals surface area contributed by atoms with E-state index < -0.39 is 0 Å². The predicted octanol–water partition coefficient (Wildman–Crippen LogP) is 3.57. The molecule has 2 fully saturated rings. The van der Waals surface area contributed by atoms with Crippen LogP contribution in [0.4, 0.5) is 0 Å². The van der Waals surface area contributed by atoms with Crippen LogP contribution in [0.25, 0.3) is 0 Å². The molecule has 3 rings (SSSR count). The number of hydrogen-bond donors (Lipinski definition) is 1. The maximum Gasteiger partial charge on any atom is 0.156 e. The van der Waals surface area contributed by atoms with Crippen LogP contribution in [0.2, 0.25) is 0 Å². The first-order valence-corrected chi connectivity index (χ1v) is 8.29. The SMILES string of the molecule is C1CCC(NC2=NCC3(CCCC3)CS2)CC1. The molecule has 2 aliphatic carbocycles. The number of nitrogens with zero attached hydrogens (tertiary/aromatic N) is 1. The Morgan fingerprint density at radius 2 is 1.82 bits per heavy atom. The van der Waals surface area contributed by atoms with Gasteiger partial charge in [-0.2, -0.15) is 0 Å². The molecular weight excluding hydrogens is 228 g/mol. The van der Waals surface area contributed by atoms with Gasteiger partial charge >= 0.3 is 0 Å². The van der Waals surface area contributed by atoms with E-state index in [1.165, 1.54) is 68.7 Å². The smallest absolute Gasteiger partial charge is 0.156 e. The molecule has 0 radical (unpaired) electrons. The molecule has 0 saturated heterocycles. The van der Waals surface area contributed by atoms with Gasteiger partial charge in [0.2, 0.25) is 0 Å². The maximum absolute atomic E-state index is 4.83. The van der Waals surface area contributed by atoms with Gasteiger partial charge in [-0.05, 0) is 31.1 Å². The highest BCUT2D eigenvalue weighted by molar-refractivity contribution is 8.13. The molecule has 0 aromatic carbocycles. The molecule has 2 nitrogen and oxygen atoms in total. The van der Waals surface area contributed by atoms with Gasteiger partial charge < -0.3 is 5.32 Å². The molecule has 1 aliphatic heterocycles. The van der Waals surface area contributed by atoms with Crippen LogP contribution in [-0.4, -0.2) is 23.5 Å². The van der Waals surface area contributed by atoms with Gasteiger partial charge in [0.25, 0.3) is 0 Å². The summed E-state index contributed by atoms with van der Waals surface area (Å²) < 4.78 is 0. The van der Waals surface area contributed by atoms with Crippen molar-refractivity contribution >= 4 is 16.9 Å². The minimum Gasteiger partial charge on any atom is -0.362 e. The van der Waals surface area contributed by atoms with Crippen molar-refractivity contribution in [1.82, 2.24) is 5.32 Å². The van der Waals surface area contributed by atoms with Gasteiger partial charge in [0.1, 0.15) is 0 Å². The van der Waals surface area contributed by atoms with Gasteiger partial charge in [0, 0.05) is 18.3 Å². The molecule has 96 valence electrons. The molecule has 0 aromatic rings. The van der Waals surface area contributed by atoms with Crippen molar-refractivity contribution in [2.24, 2.45) is 10.4 Å². The van der Waals surface area contributed by atoms with E-state index >= 15 is 0 Å². The summed E-state index contributed by atoms with van der Waals surface area (Å²) in [6.07, 6.45) is 12.6. The van der Waals surface area contributed by atoms with Crippen LogP contribution >= 0.6 is 11.8 Å². The van der Waals surface area contributed by atoms with Gasteiger partial charge in [0.15, 0.2) is 5.17 Å². The molecule has 0 aromatic heterocycles. The van der Waals surface area contributed by atoms with Gasteiger partial charge in [-0.1, -0.05) is 43.9 Å². The first-order chi connectivity index (χ1) is 8.36. The fourth-order valence-electron chi connectivity index (χ4n) is 3.49. The zero-order chi connectivity index (χ0) is 11.6. The van der Waals surface area contributed by atoms with E-state index in [0.717, 1.165) is 6.54 Å². The molecule has 3 heteroatoms. The van der Waals surface area contributed by atoms with E-state index in [2.05, 4.69) is 5.32 Å². The van der Waals surface area contributed by atoms with Gasteiger partial charge in [-0.15, -0.1) is 0 Å². The van der Waals surface area contributed by atoms with Crippen LogP contribution in [0, 0.1) is 5.41 Å². The number of hydrogen-bond acceptors (Lipinski definition) is 3. The number of nitrogens with one attached hydrogen (secondary N) is 1. The monoisotopic (exact) mass is 252 g/mol. The number of aliphatic imine (C=N–C) groups is 1. The molecule has 1 heterocycles. The minimum atomic E-state index is 0.586. The molecular formula is C14H24N2S. The fourth-order valence-corrected chi connectivity index (χ4v) is 4.72. The quantitative estimate of drug-likeness (QED) is 0.771. The lowest BCUT2D eigenvalue weighted by molar-refractivity contribution is 0.356. The Labute approximate surface area is 109 Å². The molecule has 0 bridgehead atoms. The first-order valence-electron chi connectivity index (χ1n) is 7.30. The Morgan fingerprint density at radius 1 is 1.06 bits per heavy atom. The second kappa shape index (κ2) is 5.21. The fraction of sp³-hybridized carbons (Fsp3) is 0.929. The molecule has 0 unspecified atom stereocenters. The zero-order valence-electron chi connectivity index (χ0n) is 10.7. The van der Waals surface area contributed by atoms with E-state index in [1.54, 1.807) is 0 Å². The van der Waals surface area contributed by atoms with Crippen LogP contribution in [0.3, 0.4) is 0 Å². The molecule has 2 saturated carbocycles. The third-order valence-electron chi connectivity index (χ3n) is 4.67. The first kappa shape index (κ1) is 11.9. The van der Waals surface area contributed by atoms with E-state index in [4.69, 9.17) is 4.99 Å². The van der Waals surface area contributed by atoms with E-state index in [-0.39, 0.29) is 0 Å². The molecule has 1 spiro atoms. The van der Waals surface area contributed by atoms with E-state index in [1.807, 2.05) is 11.8 Å². The summed E-state index contributed by atoms with van der Waals surface area (Å²) in [6.45, 7) is 1.09. The Balaban J connectivity index is 1.53. The summed E-state index contributed by atoms with van der Waals surface area (Å²) >= 11 is 1.99. The van der Waals surface area contributed by atoms with Gasteiger partial charge in [-0.3, -0.25) is 4.99 Å². The molecule has 0 atom stereocenters. The Bertz CT molecular complexity index is 289. The summed E-state index contributed by atoms with van der Waals surface area (Å²) in [7, 11) is 0. The van der Waals surface area contributed by atoms with E-state index in [9.17, 15) is 0 Å². The standard InChI is InChI=1S/C14H24N2S/c1-2-6-12(7-3-1)16-13-15-10-14(11-17-13)8-4-5-9-14/h12H,1-11H2,(H,15,16). The highest BCUT2D eigenvalue weighted by Crippen LogP contribution is 2.43. The Hall–Kier alpha value is -0.180. The number of thioether (sulfide) groups is 1. The normalized spacial score (nSPS) is 29.3. The average Bonchev–Trinajstić information content (AvgIpc) is 2.83. The van der Waals surface area contributed by atoms with Crippen molar-refractivity contribution < 1.29 is 0 Å². The van der Waals surface area contributed by atoms with Crippen LogP contribution in [-0.2, 0) is 0 Å². The van der Waals surface area contributed by atoms with E-state index in [0.29, 0.717) is 11.5 Å². The summed E-state index contributed by atoms with van der Waals surface area (Å²) in [6, 6.07) is 0.715. The van der Waals surface area contributed by atoms with Gasteiger partial charge in [-0.25, -0.2) is 0 Å². The van der Waals surface area contributed by atoms with Crippen LogP contribution in [0.5, 0.6) is 0 Å². The molecule has 0 amide bonds. The lowest BCUT2D eigenvalue weighted by Crippen LogP contribution is -2.39. The van der Waals surface area contributed by atoms with Crippen molar-refractivity contribution in [1.29, 1.82) is 0 Å². The molecule has 17 heavy (non-hydrogen) atoms. The van der Waals surface area contributed by atoms with Crippen molar-refractivity contribution in [2.45, 2.75) is 63.8 Å². The Morgan fingerprint density at radius 3 is 2.47 bits per heavy atom. The minimum absolute atomic E-state index is 0.586. The number of rotatable bonds is 1. The maximum atomic E-state index is 4.83. The molecule has 3 aliphatic rings. The van der Waals surface area contributed by atoms with Crippen molar-refractivity contribution in [3.8, 4) is 0 Å². The third kappa shape index (κ3) is 2.81. The summed E-state index contributed by atoms with van der Waals surface area (Å²) in [5.74, 6) is 1.31. The van der Waals surface area contributed by atoms with Crippen LogP contribution < -0.4 is 5.32 Å². The molecule has 1 N–H and O–H groups in total. The predicted molar refractivity (Wildman–Crippen MR) is 75.7 cm³/mol. The van der Waals surface area contributed by atoms with Gasteiger partial charge in [0.05, 0.1) is 0 Å². The summed E-state index contributed by atoms with van der Waals surface area (Å²) in [4.78, 5) is 4.83. The van der Waals surface area contributed by atoms with Crippen molar-refractivity contribution in [3.05, 3.63) is 0 Å². The largest absolute Gasteiger partial charge is 0.362 e. The highest BCUT2D eigenvalue weighted by atomic mass is 32.2.